The van der Waals surface area contributed by atoms with E-state index in [1.807, 2.05) is 0 Å². The van der Waals surface area contributed by atoms with Crippen molar-refractivity contribution in [2.45, 2.75) is 312 Å². The lowest BCUT2D eigenvalue weighted by Gasteiger charge is -2.30. The lowest BCUT2D eigenvalue weighted by molar-refractivity contribution is -0.140. The molecule has 0 aromatic carbocycles. The molecule has 0 bridgehead atoms. The third-order valence-corrected chi connectivity index (χ3v) is 21.7. The maximum atomic E-state index is 14.9. The molecule has 22 amide bonds. The Hall–Kier alpha value is -14.6. The van der Waals surface area contributed by atoms with Gasteiger partial charge in [0.2, 0.25) is 130 Å². The van der Waals surface area contributed by atoms with E-state index in [0.717, 1.165) is 0 Å². The molecule has 798 valence electrons. The van der Waals surface area contributed by atoms with Crippen molar-refractivity contribution in [3.05, 3.63) is 0 Å². The smallest absolute Gasteiger partial charge is 0.303 e. The molecule has 1 aliphatic heterocycles. The molecule has 0 radical (unpaired) electrons. The van der Waals surface area contributed by atoms with Crippen molar-refractivity contribution in [1.82, 2.24) is 90.4 Å². The van der Waals surface area contributed by atoms with E-state index in [9.17, 15) is 150 Å². The zero-order valence-electron chi connectivity index (χ0n) is 80.1. The average Bonchev–Trinajstić information content (AvgIpc) is 0.847. The van der Waals surface area contributed by atoms with Crippen LogP contribution in [-0.4, -0.2) is 315 Å². The van der Waals surface area contributed by atoms with Crippen LogP contribution < -0.4 is 142 Å². The van der Waals surface area contributed by atoms with E-state index in [1.165, 1.54) is 6.92 Å². The Labute approximate surface area is 815 Å². The van der Waals surface area contributed by atoms with Gasteiger partial charge >= 0.3 is 23.9 Å². The molecule has 0 saturated carbocycles. The summed E-state index contributed by atoms with van der Waals surface area (Å²) in [6, 6.07) is -28.8. The van der Waals surface area contributed by atoms with Crippen LogP contribution in [-0.2, 0) is 125 Å². The lowest BCUT2D eigenvalue weighted by Crippen LogP contribution is -2.62. The van der Waals surface area contributed by atoms with E-state index in [2.05, 4.69) is 95.4 Å². The minimum absolute atomic E-state index is 0.0517. The Morgan fingerprint density at radius 3 is 1.24 bits per heavy atom. The number of hydrogen-bond donors (Lipinski definition) is 31. The van der Waals surface area contributed by atoms with Gasteiger partial charge in [-0.2, -0.15) is 0 Å². The Kier molecular flexibility index (Phi) is 58.3. The number of aliphatic hydroxyl groups is 1. The predicted molar refractivity (Wildman–Crippen MR) is 495 cm³/mol. The molecule has 40 N–H and O–H groups in total. The Morgan fingerprint density at radius 1 is 0.408 bits per heavy atom. The number of guanidine groups is 1. The molecule has 142 heavy (non-hydrogen) atoms. The number of carbonyl (C=O) groups is 26. The number of rotatable bonds is 64. The van der Waals surface area contributed by atoms with Crippen LogP contribution in [0.25, 0.3) is 0 Å². The topological polar surface area (TPSA) is 996 Å². The number of nitrogens with one attached hydrogen (secondary N) is 17. The third kappa shape index (κ3) is 51.3. The summed E-state index contributed by atoms with van der Waals surface area (Å²) >= 11 is 0. The summed E-state index contributed by atoms with van der Waals surface area (Å²) in [6.45, 7) is 7.40. The highest BCUT2D eigenvalue weighted by Crippen LogP contribution is 2.18. The number of hydrogen-bond acceptors (Lipinski definition) is 30. The van der Waals surface area contributed by atoms with Crippen molar-refractivity contribution < 1.29 is 150 Å². The van der Waals surface area contributed by atoms with Crippen LogP contribution in [0.15, 0.2) is 4.99 Å². The van der Waals surface area contributed by atoms with Gasteiger partial charge in [-0.3, -0.25) is 130 Å². The van der Waals surface area contributed by atoms with Crippen molar-refractivity contribution in [2.24, 2.45) is 74.3 Å². The van der Waals surface area contributed by atoms with Gasteiger partial charge < -0.3 is 168 Å². The SMILES string of the molecule is CC[C@@H](C)[C@H](NC(=O)[C@H](CC(C)C)NC(=O)[C@@H]1CCC(=O)NCCCC[C@H](NC(=O)[C@H](CCC(N)=O)NC(=O)[C@H](CC(C)C)NC(=O)[C@H](CCC(=O)O)NC(=O)[C@H](CCC(=O)O)NC(=O)[C@H](CCC(=O)O)NC(=O)CN)C(=O)N[C@@H](CC(N)=O)C(=O)N[C@H](CCC(N)=O)C(=O)N1)C(=O)N[C@@H](CCCN=C(N)N)C(=O)N[C@@H](CCC(=O)O)C(=O)N[C@@H](CCCCN)C(=O)N[C@@H](CO)C(=O)N[C@@H](CC(N)=O)C(N)=O. The fraction of sp³-hybridized carbons (Fsp3) is 0.679. The van der Waals surface area contributed by atoms with E-state index in [0.29, 0.717) is 0 Å². The van der Waals surface area contributed by atoms with Gasteiger partial charge in [0.05, 0.1) is 26.0 Å². The fourth-order valence-electron chi connectivity index (χ4n) is 13.8. The molecule has 0 aromatic rings. The second kappa shape index (κ2) is 66.1. The molecule has 1 saturated heterocycles. The average molecular weight is 2030 g/mol. The van der Waals surface area contributed by atoms with Gasteiger partial charge in [0.25, 0.3) is 0 Å². The second-order valence-corrected chi connectivity index (χ2v) is 34.6. The van der Waals surface area contributed by atoms with Crippen molar-refractivity contribution in [2.75, 3.05) is 32.8 Å². The standard InChI is InChI=1S/C84H141N27O31/c1-7-41(6)67(83(142)105-44(15-12-32-95-84(92)93)69(128)100-49(20-27-64(121)122)75(134)97-42(13-8-10-30-85)71(130)110-56(38-112)82(141)106-52(68(91)127)35-59(89)115)111-81(140)54(34-40(4)5)108-77(136)48-18-25-61(117)94-31-11-9-14-43(70(129)109-55(36-60(90)116)80(139)104-47(74(133)99-48)17-24-58(88)114)98-73(132)46(16-23-57(87)113)103-79(138)53(33-39(2)3)107-78(137)51(22-29-66(125)126)102-76(135)50(21-28-65(123)124)101-72(131)45(19-26-63(119)120)96-62(118)37-86/h39-56,67,112H,7-38,85-86H2,1-6H3,(H2,87,113)(H2,88,114)(H2,89,115)(H2,90,116)(H2,91,127)(H,94,117)(H,96,118)(H,97,134)(H,98,132)(H,99,133)(H,100,128)(H,101,131)(H,102,135)(H,103,138)(H,104,139)(H,105,142)(H,106,141)(H,107,137)(H,108,136)(H,109,129)(H,110,130)(H,111,140)(H,119,120)(H,121,122)(H,123,124)(H,125,126)(H4,92,93,95)/t41-,42+,43+,44+,45+,46+,47-,48+,49+,50+,51+,52+,53+,54+,55+,56+,67+/m1/s1. The predicted octanol–water partition coefficient (Wildman–Crippen LogP) is -12.7. The Bertz CT molecular complexity index is 4440. The highest BCUT2D eigenvalue weighted by atomic mass is 16.4. The normalized spacial score (nSPS) is 17.5. The number of carbonyl (C=O) groups excluding carboxylic acids is 22. The van der Waals surface area contributed by atoms with Crippen LogP contribution >= 0.6 is 0 Å². The zero-order valence-corrected chi connectivity index (χ0v) is 80.1. The van der Waals surface area contributed by atoms with Crippen LogP contribution in [0.3, 0.4) is 0 Å². The molecule has 1 aliphatic rings. The van der Waals surface area contributed by atoms with Crippen LogP contribution in [0.2, 0.25) is 0 Å². The number of aliphatic carboxylic acids is 4. The summed E-state index contributed by atoms with van der Waals surface area (Å²) < 4.78 is 0. The lowest BCUT2D eigenvalue weighted by atomic mass is 9.96. The van der Waals surface area contributed by atoms with Gasteiger partial charge in [0.15, 0.2) is 5.96 Å². The summed E-state index contributed by atoms with van der Waals surface area (Å²) in [7, 11) is 0. The van der Waals surface area contributed by atoms with E-state index in [1.54, 1.807) is 34.6 Å². The summed E-state index contributed by atoms with van der Waals surface area (Å²) in [5.41, 5.74) is 49.2. The number of nitrogens with zero attached hydrogens (tertiary/aromatic N) is 1. The molecule has 0 aromatic heterocycles. The quantitative estimate of drug-likeness (QED) is 0.0153. The van der Waals surface area contributed by atoms with Gasteiger partial charge in [-0.25, -0.2) is 0 Å². The minimum Gasteiger partial charge on any atom is -0.481 e. The maximum absolute atomic E-state index is 14.9. The number of carboxylic acid groups (broad SMARTS) is 4. The first-order valence-corrected chi connectivity index (χ1v) is 46.0. The molecule has 0 spiro atoms. The van der Waals surface area contributed by atoms with Crippen LogP contribution in [0.1, 0.15) is 215 Å². The molecular formula is C84H141N27O31. The second-order valence-electron chi connectivity index (χ2n) is 34.6. The number of carboxylic acids is 4. The van der Waals surface area contributed by atoms with Crippen LogP contribution in [0.4, 0.5) is 0 Å². The summed E-state index contributed by atoms with van der Waals surface area (Å²) in [4.78, 5) is 354. The molecule has 58 nitrogen and oxygen atoms in total. The molecule has 58 heteroatoms. The van der Waals surface area contributed by atoms with Crippen molar-refractivity contribution in [3.8, 4) is 0 Å². The fourth-order valence-corrected chi connectivity index (χ4v) is 13.8. The van der Waals surface area contributed by atoms with Crippen molar-refractivity contribution in [1.29, 1.82) is 0 Å². The zero-order chi connectivity index (χ0) is 108. The van der Waals surface area contributed by atoms with E-state index in [4.69, 9.17) is 51.6 Å². The molecular weight excluding hydrogens is 1880 g/mol. The molecule has 1 heterocycles. The Balaban J connectivity index is 3.98. The Morgan fingerprint density at radius 2 is 0.810 bits per heavy atom. The monoisotopic (exact) mass is 2020 g/mol. The summed E-state index contributed by atoms with van der Waals surface area (Å²) in [5.74, 6) is -33.8. The van der Waals surface area contributed by atoms with Crippen LogP contribution in [0.5, 0.6) is 0 Å². The number of unbranched alkanes of at least 4 members (excludes halogenated alkanes) is 1. The molecule has 1 fully saturated rings. The molecule has 0 unspecified atom stereocenters. The van der Waals surface area contributed by atoms with Gasteiger partial charge in [-0.05, 0) is 133 Å². The molecule has 0 aliphatic carbocycles. The number of primary amides is 5. The highest BCUT2D eigenvalue weighted by molar-refractivity contribution is 6.03. The molecule has 1 rings (SSSR count). The van der Waals surface area contributed by atoms with E-state index >= 15 is 0 Å². The summed E-state index contributed by atoms with van der Waals surface area (Å²) in [5, 5.41) is 88.6. The number of aliphatic hydroxyl groups excluding tert-OH is 1. The number of amides is 22. The third-order valence-electron chi connectivity index (χ3n) is 21.7. The summed E-state index contributed by atoms with van der Waals surface area (Å²) in [6.07, 6.45) is -13.0. The van der Waals surface area contributed by atoms with Gasteiger partial charge in [0.1, 0.15) is 96.7 Å². The van der Waals surface area contributed by atoms with Gasteiger partial charge in [-0.1, -0.05) is 48.0 Å². The van der Waals surface area contributed by atoms with E-state index < -0.39 is 391 Å². The minimum atomic E-state index is -2.09. The largest absolute Gasteiger partial charge is 0.481 e. The first kappa shape index (κ1) is 125. The van der Waals surface area contributed by atoms with Gasteiger partial charge in [-0.15, -0.1) is 0 Å². The van der Waals surface area contributed by atoms with Crippen molar-refractivity contribution in [3.63, 3.8) is 0 Å². The molecule has 17 atom stereocenters. The first-order valence-electron chi connectivity index (χ1n) is 46.0. The van der Waals surface area contributed by atoms with E-state index in [-0.39, 0.29) is 89.8 Å². The van der Waals surface area contributed by atoms with Gasteiger partial charge in [0, 0.05) is 58.0 Å². The van der Waals surface area contributed by atoms with Crippen molar-refractivity contribution >= 4 is 160 Å². The number of nitrogens with two attached hydrogens (primary N) is 9. The van der Waals surface area contributed by atoms with Crippen LogP contribution in [0, 0.1) is 17.8 Å². The number of aliphatic imine (C=N–C) groups is 1. The first-order chi connectivity index (χ1) is 66.6. The maximum Gasteiger partial charge on any atom is 0.303 e. The highest BCUT2D eigenvalue weighted by Gasteiger charge is 2.42.